The highest BCUT2D eigenvalue weighted by molar-refractivity contribution is 5.75. The van der Waals surface area contributed by atoms with Crippen LogP contribution >= 0.6 is 0 Å². The van der Waals surface area contributed by atoms with E-state index in [0.29, 0.717) is 0 Å². The van der Waals surface area contributed by atoms with Crippen molar-refractivity contribution in [3.05, 3.63) is 29.8 Å². The molecule has 17 heavy (non-hydrogen) atoms. The highest BCUT2D eigenvalue weighted by Crippen LogP contribution is 2.17. The first-order chi connectivity index (χ1) is 8.04. The molecule has 0 amide bonds. The highest BCUT2D eigenvalue weighted by Gasteiger charge is 2.14. The monoisotopic (exact) mass is 245 g/mol. The molecule has 94 valence electrons. The van der Waals surface area contributed by atoms with E-state index in [0.717, 1.165) is 12.1 Å². The number of benzene rings is 1. The molecule has 0 aliphatic carbocycles. The summed E-state index contributed by atoms with van der Waals surface area (Å²) in [6.45, 7) is 0.0405. The summed E-state index contributed by atoms with van der Waals surface area (Å²) in [6.07, 6.45) is 0.184. The number of hydrogen-bond acceptors (Lipinski definition) is 4. The molecular formula is C11H13F2NO3. The maximum Gasteiger partial charge on any atom is 0.322 e. The molecule has 1 atom stereocenters. The summed E-state index contributed by atoms with van der Waals surface area (Å²) in [5.74, 6) is -2.12. The van der Waals surface area contributed by atoms with Gasteiger partial charge in [-0.1, -0.05) is 0 Å². The van der Waals surface area contributed by atoms with E-state index in [1.807, 2.05) is 0 Å². The minimum absolute atomic E-state index is 0.0405. The fourth-order valence-electron chi connectivity index (χ4n) is 1.16. The van der Waals surface area contributed by atoms with Gasteiger partial charge in [0.1, 0.15) is 11.9 Å². The molecule has 0 radical (unpaired) electrons. The second kappa shape index (κ2) is 6.15. The van der Waals surface area contributed by atoms with Gasteiger partial charge in [0, 0.05) is 12.5 Å². The number of rotatable bonds is 5. The van der Waals surface area contributed by atoms with E-state index < -0.39 is 23.6 Å². The first-order valence-corrected chi connectivity index (χ1v) is 4.96. The quantitative estimate of drug-likeness (QED) is 0.793. The summed E-state index contributed by atoms with van der Waals surface area (Å²) >= 11 is 0. The molecular weight excluding hydrogens is 232 g/mol. The van der Waals surface area contributed by atoms with Gasteiger partial charge in [0.15, 0.2) is 11.6 Å². The summed E-state index contributed by atoms with van der Waals surface area (Å²) in [5, 5.41) is 0. The molecule has 0 aromatic heterocycles. The zero-order valence-electron chi connectivity index (χ0n) is 9.28. The van der Waals surface area contributed by atoms with Gasteiger partial charge >= 0.3 is 5.97 Å². The van der Waals surface area contributed by atoms with Gasteiger partial charge in [0.05, 0.1) is 13.7 Å². The van der Waals surface area contributed by atoms with Gasteiger partial charge < -0.3 is 15.2 Å². The van der Waals surface area contributed by atoms with E-state index >= 15 is 0 Å². The van der Waals surface area contributed by atoms with Crippen molar-refractivity contribution in [1.82, 2.24) is 0 Å². The summed E-state index contributed by atoms with van der Waals surface area (Å²) in [4.78, 5) is 10.9. The fraction of sp³-hybridized carbons (Fsp3) is 0.364. The van der Waals surface area contributed by atoms with Crippen LogP contribution in [0.1, 0.15) is 6.42 Å². The van der Waals surface area contributed by atoms with Crippen molar-refractivity contribution < 1.29 is 23.0 Å². The molecule has 1 unspecified atom stereocenters. The number of carbonyl (C=O) groups is 1. The van der Waals surface area contributed by atoms with Crippen molar-refractivity contribution in [3.63, 3.8) is 0 Å². The Labute approximate surface area is 97.3 Å². The molecule has 0 fully saturated rings. The van der Waals surface area contributed by atoms with Crippen molar-refractivity contribution in [2.45, 2.75) is 12.5 Å². The zero-order chi connectivity index (χ0) is 12.8. The van der Waals surface area contributed by atoms with Gasteiger partial charge in [-0.25, -0.2) is 8.78 Å². The molecule has 1 aromatic carbocycles. The second-order valence-electron chi connectivity index (χ2n) is 3.34. The van der Waals surface area contributed by atoms with Crippen molar-refractivity contribution >= 4 is 5.97 Å². The van der Waals surface area contributed by atoms with Gasteiger partial charge in [0.2, 0.25) is 0 Å². The Bertz CT molecular complexity index is 398. The molecule has 0 aliphatic rings. The van der Waals surface area contributed by atoms with Crippen LogP contribution in [-0.4, -0.2) is 25.7 Å². The first-order valence-electron chi connectivity index (χ1n) is 4.96. The molecule has 4 nitrogen and oxygen atoms in total. The van der Waals surface area contributed by atoms with Crippen LogP contribution < -0.4 is 10.5 Å². The van der Waals surface area contributed by atoms with Gasteiger partial charge in [0.25, 0.3) is 0 Å². The number of ether oxygens (including phenoxy) is 2. The largest absolute Gasteiger partial charge is 0.490 e. The Hall–Kier alpha value is -1.69. The molecule has 0 aliphatic heterocycles. The maximum atomic E-state index is 13.1. The highest BCUT2D eigenvalue weighted by atomic mass is 19.1. The van der Waals surface area contributed by atoms with Crippen LogP contribution in [0.2, 0.25) is 0 Å². The molecule has 0 saturated heterocycles. The number of nitrogens with two attached hydrogens (primary N) is 1. The van der Waals surface area contributed by atoms with E-state index in [1.54, 1.807) is 0 Å². The van der Waals surface area contributed by atoms with Gasteiger partial charge in [-0.15, -0.1) is 0 Å². The maximum absolute atomic E-state index is 13.1. The standard InChI is InChI=1S/C11H13F2NO3/c1-16-11(15)9(14)4-5-17-10-3-2-7(12)6-8(10)13/h2-3,6,9H,4-5,14H2,1H3. The predicted octanol–water partition coefficient (Wildman–Crippen LogP) is 1.23. The second-order valence-corrected chi connectivity index (χ2v) is 3.34. The Kier molecular flexibility index (Phi) is 4.84. The van der Waals surface area contributed by atoms with Gasteiger partial charge in [-0.05, 0) is 12.1 Å². The van der Waals surface area contributed by atoms with Gasteiger partial charge in [-0.3, -0.25) is 4.79 Å². The average molecular weight is 245 g/mol. The molecule has 1 rings (SSSR count). The Morgan fingerprint density at radius 2 is 2.18 bits per heavy atom. The van der Waals surface area contributed by atoms with Gasteiger partial charge in [-0.2, -0.15) is 0 Å². The number of methoxy groups -OCH3 is 1. The lowest BCUT2D eigenvalue weighted by molar-refractivity contribution is -0.142. The van der Waals surface area contributed by atoms with Crippen molar-refractivity contribution in [1.29, 1.82) is 0 Å². The van der Waals surface area contributed by atoms with Crippen LogP contribution in [0.15, 0.2) is 18.2 Å². The van der Waals surface area contributed by atoms with Crippen molar-refractivity contribution in [2.24, 2.45) is 5.73 Å². The Morgan fingerprint density at radius 1 is 1.47 bits per heavy atom. The number of esters is 1. The minimum Gasteiger partial charge on any atom is -0.490 e. The van der Waals surface area contributed by atoms with Crippen LogP contribution in [0, 0.1) is 11.6 Å². The van der Waals surface area contributed by atoms with Crippen LogP contribution in [0.25, 0.3) is 0 Å². The minimum atomic E-state index is -0.816. The fourth-order valence-corrected chi connectivity index (χ4v) is 1.16. The molecule has 6 heteroatoms. The topological polar surface area (TPSA) is 61.5 Å². The lowest BCUT2D eigenvalue weighted by Gasteiger charge is -2.10. The predicted molar refractivity (Wildman–Crippen MR) is 56.5 cm³/mol. The number of halogens is 2. The third-order valence-corrected chi connectivity index (χ3v) is 2.08. The van der Waals surface area contributed by atoms with E-state index in [4.69, 9.17) is 10.5 Å². The van der Waals surface area contributed by atoms with Crippen LogP contribution in [0.3, 0.4) is 0 Å². The third-order valence-electron chi connectivity index (χ3n) is 2.08. The van der Waals surface area contributed by atoms with E-state index in [1.165, 1.54) is 13.2 Å². The molecule has 1 aromatic rings. The van der Waals surface area contributed by atoms with E-state index in [9.17, 15) is 13.6 Å². The van der Waals surface area contributed by atoms with Crippen molar-refractivity contribution in [2.75, 3.05) is 13.7 Å². The first kappa shape index (κ1) is 13.4. The van der Waals surface area contributed by atoms with Crippen LogP contribution in [0.5, 0.6) is 5.75 Å². The Balaban J connectivity index is 2.43. The van der Waals surface area contributed by atoms with E-state index in [2.05, 4.69) is 4.74 Å². The van der Waals surface area contributed by atoms with Crippen LogP contribution in [0.4, 0.5) is 8.78 Å². The molecule has 0 heterocycles. The zero-order valence-corrected chi connectivity index (χ0v) is 9.28. The third kappa shape index (κ3) is 3.99. The number of hydrogen-bond donors (Lipinski definition) is 1. The number of carbonyl (C=O) groups excluding carboxylic acids is 1. The summed E-state index contributed by atoms with van der Waals surface area (Å²) < 4.78 is 35.1. The lowest BCUT2D eigenvalue weighted by Crippen LogP contribution is -2.33. The molecule has 0 bridgehead atoms. The SMILES string of the molecule is COC(=O)C(N)CCOc1ccc(F)cc1F. The Morgan fingerprint density at radius 3 is 2.76 bits per heavy atom. The smallest absolute Gasteiger partial charge is 0.322 e. The normalized spacial score (nSPS) is 12.0. The molecule has 0 spiro atoms. The van der Waals surface area contributed by atoms with Crippen LogP contribution in [-0.2, 0) is 9.53 Å². The van der Waals surface area contributed by atoms with E-state index in [-0.39, 0.29) is 18.8 Å². The summed E-state index contributed by atoms with van der Waals surface area (Å²) in [6, 6.07) is 2.16. The van der Waals surface area contributed by atoms with Crippen molar-refractivity contribution in [3.8, 4) is 5.75 Å². The lowest BCUT2D eigenvalue weighted by atomic mass is 10.2. The summed E-state index contributed by atoms with van der Waals surface area (Å²) in [7, 11) is 1.22. The average Bonchev–Trinajstić information content (AvgIpc) is 2.30. The summed E-state index contributed by atoms with van der Waals surface area (Å²) in [5.41, 5.74) is 5.45. The molecule has 2 N–H and O–H groups in total. The molecule has 0 saturated carbocycles.